The molecule has 0 amide bonds. The Bertz CT molecular complexity index is 201. The maximum Gasteiger partial charge on any atom is 0.123 e. The summed E-state index contributed by atoms with van der Waals surface area (Å²) in [5.41, 5.74) is 6.08. The highest BCUT2D eigenvalue weighted by molar-refractivity contribution is 5.15. The van der Waals surface area contributed by atoms with E-state index in [9.17, 15) is 4.39 Å². The summed E-state index contributed by atoms with van der Waals surface area (Å²) < 4.78 is 12.3. The van der Waals surface area contributed by atoms with Crippen molar-refractivity contribution in [1.29, 1.82) is 0 Å². The average molecular weight is 142 g/mol. The van der Waals surface area contributed by atoms with Gasteiger partial charge < -0.3 is 11.9 Å². The molecule has 0 aliphatic rings. The summed E-state index contributed by atoms with van der Waals surface area (Å²) in [6.45, 7) is 0.401. The zero-order valence-electron chi connectivity index (χ0n) is 5.68. The van der Waals surface area contributed by atoms with Gasteiger partial charge in [0.15, 0.2) is 0 Å². The maximum absolute atomic E-state index is 12.3. The van der Waals surface area contributed by atoms with E-state index in [1.165, 1.54) is 12.1 Å². The first kappa shape index (κ1) is 9.07. The smallest absolute Gasteiger partial charge is 0.123 e. The van der Waals surface area contributed by atoms with Gasteiger partial charge in [0.2, 0.25) is 0 Å². The molecule has 0 spiro atoms. The van der Waals surface area contributed by atoms with Crippen molar-refractivity contribution in [3.63, 3.8) is 0 Å². The highest BCUT2D eigenvalue weighted by Crippen LogP contribution is 2.00. The highest BCUT2D eigenvalue weighted by Gasteiger charge is 1.89. The van der Waals surface area contributed by atoms with Gasteiger partial charge in [-0.3, -0.25) is 0 Å². The van der Waals surface area contributed by atoms with Gasteiger partial charge in [-0.2, -0.15) is 0 Å². The highest BCUT2D eigenvalue weighted by atomic mass is 19.1. The van der Waals surface area contributed by atoms with Gasteiger partial charge in [-0.15, -0.1) is 0 Å². The van der Waals surface area contributed by atoms with Gasteiger partial charge in [-0.25, -0.2) is 4.39 Å². The number of benzene rings is 1. The Labute approximate surface area is 59.4 Å². The molecule has 0 fully saturated rings. The van der Waals surface area contributed by atoms with E-state index in [4.69, 9.17) is 5.73 Å². The van der Waals surface area contributed by atoms with Crippen molar-refractivity contribution in [3.8, 4) is 0 Å². The zero-order valence-corrected chi connectivity index (χ0v) is 5.68. The van der Waals surface area contributed by atoms with Gasteiger partial charge in [0, 0.05) is 6.54 Å². The van der Waals surface area contributed by atoms with Crippen LogP contribution in [0.4, 0.5) is 4.39 Å². The quantitative estimate of drug-likeness (QED) is 0.623. The molecule has 3 heteroatoms. The number of hydrogen-bond donors (Lipinski definition) is 2. The van der Waals surface area contributed by atoms with Crippen LogP contribution in [0.15, 0.2) is 24.3 Å². The monoisotopic (exact) mass is 142 g/mol. The molecule has 1 rings (SSSR count). The van der Waals surface area contributed by atoms with Crippen LogP contribution in [0.25, 0.3) is 0 Å². The van der Waals surface area contributed by atoms with E-state index in [1.54, 1.807) is 12.1 Å². The lowest BCUT2D eigenvalue weighted by atomic mass is 10.2. The molecule has 1 aromatic rings. The van der Waals surface area contributed by atoms with E-state index in [-0.39, 0.29) is 12.0 Å². The normalized spacial score (nSPS) is 8.60. The van der Waals surface area contributed by atoms with Crippen LogP contribution in [-0.2, 0) is 6.54 Å². The molecule has 2 nitrogen and oxygen atoms in total. The van der Waals surface area contributed by atoms with Crippen molar-refractivity contribution >= 4 is 0 Å². The molecule has 10 heavy (non-hydrogen) atoms. The lowest BCUT2D eigenvalue weighted by Gasteiger charge is -1.92. The maximum atomic E-state index is 12.3. The number of halogens is 1. The number of nitrogens with two attached hydrogens (primary N) is 1. The van der Waals surface area contributed by atoms with Gasteiger partial charge in [0.1, 0.15) is 5.82 Å². The molecule has 0 saturated heterocycles. The lowest BCUT2D eigenvalue weighted by molar-refractivity contribution is 0.625. The van der Waals surface area contributed by atoms with Gasteiger partial charge >= 0.3 is 0 Å². The summed E-state index contributed by atoms with van der Waals surface area (Å²) in [6, 6.07) is 6.28. The second-order valence-electron chi connectivity index (χ2n) is 1.83. The Hall–Kier alpha value is -0.930. The second kappa shape index (κ2) is 3.98. The van der Waals surface area contributed by atoms with Gasteiger partial charge in [0.05, 0.1) is 0 Å². The van der Waals surface area contributed by atoms with E-state index in [1.807, 2.05) is 0 Å². The third kappa shape index (κ3) is 2.13. The molecule has 56 valence electrons. The zero-order chi connectivity index (χ0) is 6.69. The van der Waals surface area contributed by atoms with E-state index in [0.717, 1.165) is 5.56 Å². The first-order chi connectivity index (χ1) is 4.33. The van der Waals surface area contributed by atoms with Crippen molar-refractivity contribution in [2.24, 2.45) is 5.73 Å². The molecule has 0 radical (unpaired) electrons. The molecular formula is C7H11FN2. The average Bonchev–Trinajstić information content (AvgIpc) is 1.88. The van der Waals surface area contributed by atoms with Crippen LogP contribution >= 0.6 is 0 Å². The summed E-state index contributed by atoms with van der Waals surface area (Å²) in [5, 5.41) is 0. The number of hydrogen-bond acceptors (Lipinski definition) is 2. The topological polar surface area (TPSA) is 61.0 Å². The minimum Gasteiger partial charge on any atom is -0.344 e. The standard InChI is InChI=1S/C7H8FN.H3N/c8-7-3-1-2-6(4-7)5-9;/h1-4H,5,9H2;1H3. The van der Waals surface area contributed by atoms with E-state index >= 15 is 0 Å². The fourth-order valence-electron chi connectivity index (χ4n) is 0.664. The third-order valence-electron chi connectivity index (χ3n) is 1.12. The van der Waals surface area contributed by atoms with Crippen molar-refractivity contribution in [2.75, 3.05) is 0 Å². The Kier molecular flexibility index (Phi) is 3.61. The summed E-state index contributed by atoms with van der Waals surface area (Å²) in [6.07, 6.45) is 0. The van der Waals surface area contributed by atoms with Crippen LogP contribution in [0.5, 0.6) is 0 Å². The fourth-order valence-corrected chi connectivity index (χ4v) is 0.664. The molecule has 0 heterocycles. The second-order valence-corrected chi connectivity index (χ2v) is 1.83. The van der Waals surface area contributed by atoms with Crippen molar-refractivity contribution < 1.29 is 4.39 Å². The van der Waals surface area contributed by atoms with Crippen LogP contribution in [-0.4, -0.2) is 0 Å². The Morgan fingerprint density at radius 3 is 2.50 bits per heavy atom. The van der Waals surface area contributed by atoms with Crippen LogP contribution < -0.4 is 11.9 Å². The summed E-state index contributed by atoms with van der Waals surface area (Å²) in [4.78, 5) is 0. The molecule has 1 aromatic carbocycles. The minimum absolute atomic E-state index is 0. The van der Waals surface area contributed by atoms with Crippen LogP contribution in [0.2, 0.25) is 0 Å². The van der Waals surface area contributed by atoms with Crippen molar-refractivity contribution in [2.45, 2.75) is 6.54 Å². The minimum atomic E-state index is -0.224. The van der Waals surface area contributed by atoms with Gasteiger partial charge in [-0.05, 0) is 17.7 Å². The molecule has 0 unspecified atom stereocenters. The summed E-state index contributed by atoms with van der Waals surface area (Å²) >= 11 is 0. The SMILES string of the molecule is N.NCc1cccc(F)c1. The number of rotatable bonds is 1. The molecule has 0 saturated carbocycles. The van der Waals surface area contributed by atoms with Gasteiger partial charge in [0.25, 0.3) is 0 Å². The Morgan fingerprint density at radius 2 is 2.10 bits per heavy atom. The summed E-state index contributed by atoms with van der Waals surface area (Å²) in [7, 11) is 0. The molecule has 0 aliphatic carbocycles. The van der Waals surface area contributed by atoms with Crippen LogP contribution in [0.3, 0.4) is 0 Å². The first-order valence-electron chi connectivity index (χ1n) is 2.77. The van der Waals surface area contributed by atoms with Crippen LogP contribution in [0.1, 0.15) is 5.56 Å². The Balaban J connectivity index is 0.000000810. The fraction of sp³-hybridized carbons (Fsp3) is 0.143. The predicted octanol–water partition coefficient (Wildman–Crippen LogP) is 1.45. The van der Waals surface area contributed by atoms with E-state index < -0.39 is 0 Å². The van der Waals surface area contributed by atoms with Crippen molar-refractivity contribution in [3.05, 3.63) is 35.6 Å². The molecule has 0 aromatic heterocycles. The Morgan fingerprint density at radius 1 is 1.40 bits per heavy atom. The molecule has 0 bridgehead atoms. The third-order valence-corrected chi connectivity index (χ3v) is 1.12. The molecule has 0 atom stereocenters. The van der Waals surface area contributed by atoms with Crippen molar-refractivity contribution in [1.82, 2.24) is 6.15 Å². The predicted molar refractivity (Wildman–Crippen MR) is 39.3 cm³/mol. The molecule has 0 aliphatic heterocycles. The molecular weight excluding hydrogens is 131 g/mol. The summed E-state index contributed by atoms with van der Waals surface area (Å²) in [5.74, 6) is -0.224. The largest absolute Gasteiger partial charge is 0.344 e. The van der Waals surface area contributed by atoms with E-state index in [2.05, 4.69) is 0 Å². The lowest BCUT2D eigenvalue weighted by Crippen LogP contribution is -1.95. The van der Waals surface area contributed by atoms with Crippen LogP contribution in [0, 0.1) is 5.82 Å². The molecule has 5 N–H and O–H groups in total. The van der Waals surface area contributed by atoms with Gasteiger partial charge in [-0.1, -0.05) is 12.1 Å². The van der Waals surface area contributed by atoms with E-state index in [0.29, 0.717) is 6.54 Å². The first-order valence-corrected chi connectivity index (χ1v) is 2.77.